The number of piperidine rings is 1. The second-order valence-electron chi connectivity index (χ2n) is 9.70. The standard InChI is InChI=1S/C28H35N5O/c1-6-20-7-8-21(15-26(20)31(3)4)23-9-10-25(30-22-11-13-32(5)14-12-22)27-24(23)18-33(28(27)34)17-19(2)16-29/h7-10,15,22,30H,2,6,11-14,17-18H2,1,3-5H3. The monoisotopic (exact) mass is 457 g/mol. The summed E-state index contributed by atoms with van der Waals surface area (Å²) in [4.78, 5) is 19.8. The molecule has 0 aromatic heterocycles. The fourth-order valence-corrected chi connectivity index (χ4v) is 5.08. The number of hydrogen-bond acceptors (Lipinski definition) is 5. The molecule has 2 heterocycles. The molecule has 34 heavy (non-hydrogen) atoms. The van der Waals surface area contributed by atoms with Crippen molar-refractivity contribution in [3.8, 4) is 17.2 Å². The molecule has 4 rings (SSSR count). The summed E-state index contributed by atoms with van der Waals surface area (Å²) < 4.78 is 0. The first-order chi connectivity index (χ1) is 16.3. The largest absolute Gasteiger partial charge is 0.382 e. The van der Waals surface area contributed by atoms with Gasteiger partial charge < -0.3 is 20.0 Å². The Kier molecular flexibility index (Phi) is 6.95. The molecule has 0 atom stereocenters. The van der Waals surface area contributed by atoms with E-state index in [4.69, 9.17) is 0 Å². The lowest BCUT2D eigenvalue weighted by Gasteiger charge is -2.30. The Morgan fingerprint density at radius 1 is 1.24 bits per heavy atom. The van der Waals surface area contributed by atoms with Gasteiger partial charge >= 0.3 is 0 Å². The lowest BCUT2D eigenvalue weighted by atomic mass is 9.93. The molecule has 6 nitrogen and oxygen atoms in total. The summed E-state index contributed by atoms with van der Waals surface area (Å²) in [5.74, 6) is -0.0262. The molecule has 178 valence electrons. The predicted octanol–water partition coefficient (Wildman–Crippen LogP) is 4.52. The van der Waals surface area contributed by atoms with Gasteiger partial charge in [-0.15, -0.1) is 0 Å². The number of nitriles is 1. The molecule has 2 aromatic carbocycles. The molecular weight excluding hydrogens is 422 g/mol. The first-order valence-electron chi connectivity index (χ1n) is 12.1. The van der Waals surface area contributed by atoms with Crippen LogP contribution in [-0.2, 0) is 13.0 Å². The third-order valence-corrected chi connectivity index (χ3v) is 7.04. The minimum atomic E-state index is -0.0262. The van der Waals surface area contributed by atoms with Crippen molar-refractivity contribution in [2.45, 2.75) is 38.8 Å². The molecule has 0 spiro atoms. The third-order valence-electron chi connectivity index (χ3n) is 7.04. The minimum Gasteiger partial charge on any atom is -0.382 e. The van der Waals surface area contributed by atoms with Crippen LogP contribution >= 0.6 is 0 Å². The third kappa shape index (κ3) is 4.67. The molecule has 6 heteroatoms. The maximum Gasteiger partial charge on any atom is 0.256 e. The van der Waals surface area contributed by atoms with E-state index in [0.717, 1.165) is 60.3 Å². The summed E-state index contributed by atoms with van der Waals surface area (Å²) in [6.45, 7) is 8.83. The minimum absolute atomic E-state index is 0.0262. The normalized spacial score (nSPS) is 16.3. The van der Waals surface area contributed by atoms with Gasteiger partial charge in [0.2, 0.25) is 0 Å². The molecule has 0 aliphatic carbocycles. The predicted molar refractivity (Wildman–Crippen MR) is 139 cm³/mol. The Hall–Kier alpha value is -3.30. The van der Waals surface area contributed by atoms with Crippen LogP contribution in [0.4, 0.5) is 11.4 Å². The number of fused-ring (bicyclic) bond motifs is 1. The lowest BCUT2D eigenvalue weighted by Crippen LogP contribution is -2.37. The summed E-state index contributed by atoms with van der Waals surface area (Å²) in [5.41, 5.74) is 7.76. The van der Waals surface area contributed by atoms with Crippen LogP contribution < -0.4 is 10.2 Å². The smallest absolute Gasteiger partial charge is 0.256 e. The highest BCUT2D eigenvalue weighted by Gasteiger charge is 2.33. The van der Waals surface area contributed by atoms with Gasteiger partial charge in [0.05, 0.1) is 18.2 Å². The van der Waals surface area contributed by atoms with E-state index < -0.39 is 0 Å². The lowest BCUT2D eigenvalue weighted by molar-refractivity contribution is 0.0794. The van der Waals surface area contributed by atoms with E-state index in [1.807, 2.05) is 0 Å². The molecule has 0 saturated carbocycles. The van der Waals surface area contributed by atoms with Crippen molar-refractivity contribution in [2.24, 2.45) is 0 Å². The zero-order valence-corrected chi connectivity index (χ0v) is 20.8. The molecule has 1 fully saturated rings. The molecule has 1 amide bonds. The Balaban J connectivity index is 1.76. The van der Waals surface area contributed by atoms with Gasteiger partial charge in [-0.2, -0.15) is 5.26 Å². The Morgan fingerprint density at radius 2 is 1.97 bits per heavy atom. The van der Waals surface area contributed by atoms with Crippen LogP contribution in [0, 0.1) is 11.3 Å². The number of nitrogens with zero attached hydrogens (tertiary/aromatic N) is 4. The summed E-state index contributed by atoms with van der Waals surface area (Å²) in [7, 11) is 6.28. The van der Waals surface area contributed by atoms with E-state index in [9.17, 15) is 10.1 Å². The van der Waals surface area contributed by atoms with Gasteiger partial charge in [-0.1, -0.05) is 31.7 Å². The van der Waals surface area contributed by atoms with Gasteiger partial charge in [0.25, 0.3) is 5.91 Å². The van der Waals surface area contributed by atoms with Crippen molar-refractivity contribution in [1.29, 1.82) is 5.26 Å². The second-order valence-corrected chi connectivity index (χ2v) is 9.70. The molecule has 0 unspecified atom stereocenters. The van der Waals surface area contributed by atoms with Gasteiger partial charge in [0.15, 0.2) is 0 Å². The average Bonchev–Trinajstić information content (AvgIpc) is 3.16. The molecule has 2 aliphatic rings. The zero-order chi connectivity index (χ0) is 24.4. The van der Waals surface area contributed by atoms with Gasteiger partial charge in [-0.05, 0) is 73.8 Å². The number of rotatable bonds is 7. The Bertz CT molecular complexity index is 1140. The highest BCUT2D eigenvalue weighted by atomic mass is 16.2. The van der Waals surface area contributed by atoms with Crippen LogP contribution in [0.15, 0.2) is 42.5 Å². The second kappa shape index (κ2) is 9.90. The highest BCUT2D eigenvalue weighted by molar-refractivity contribution is 6.06. The molecular formula is C28H35N5O. The van der Waals surface area contributed by atoms with Crippen LogP contribution in [0.3, 0.4) is 0 Å². The first kappa shape index (κ1) is 23.8. The molecule has 2 aliphatic heterocycles. The van der Waals surface area contributed by atoms with E-state index in [2.05, 4.69) is 86.2 Å². The number of nitrogens with one attached hydrogen (secondary N) is 1. The van der Waals surface area contributed by atoms with E-state index in [0.29, 0.717) is 18.2 Å². The van der Waals surface area contributed by atoms with Crippen molar-refractivity contribution in [1.82, 2.24) is 9.80 Å². The molecule has 0 radical (unpaired) electrons. The maximum atomic E-state index is 13.5. The van der Waals surface area contributed by atoms with Crippen molar-refractivity contribution in [2.75, 3.05) is 51.0 Å². The van der Waals surface area contributed by atoms with Crippen LogP contribution in [0.2, 0.25) is 0 Å². The van der Waals surface area contributed by atoms with Crippen LogP contribution in [0.5, 0.6) is 0 Å². The summed E-state index contributed by atoms with van der Waals surface area (Å²) in [6.07, 6.45) is 3.08. The van der Waals surface area contributed by atoms with Crippen molar-refractivity contribution < 1.29 is 4.79 Å². The van der Waals surface area contributed by atoms with Crippen molar-refractivity contribution >= 4 is 17.3 Å². The number of carbonyl (C=O) groups excluding carboxylic acids is 1. The number of hydrogen-bond donors (Lipinski definition) is 1. The fraction of sp³-hybridized carbons (Fsp3) is 0.429. The highest BCUT2D eigenvalue weighted by Crippen LogP contribution is 2.39. The van der Waals surface area contributed by atoms with Crippen LogP contribution in [0.1, 0.15) is 41.3 Å². The van der Waals surface area contributed by atoms with Crippen molar-refractivity contribution in [3.05, 3.63) is 59.2 Å². The van der Waals surface area contributed by atoms with Crippen LogP contribution in [0.25, 0.3) is 11.1 Å². The topological polar surface area (TPSA) is 62.6 Å². The summed E-state index contributed by atoms with van der Waals surface area (Å²) >= 11 is 0. The average molecular weight is 458 g/mol. The molecule has 2 aromatic rings. The molecule has 0 bridgehead atoms. The zero-order valence-electron chi connectivity index (χ0n) is 20.8. The van der Waals surface area contributed by atoms with Crippen LogP contribution in [-0.4, -0.2) is 62.5 Å². The Labute approximate surface area is 203 Å². The van der Waals surface area contributed by atoms with Crippen molar-refractivity contribution in [3.63, 3.8) is 0 Å². The van der Waals surface area contributed by atoms with E-state index in [-0.39, 0.29) is 12.5 Å². The number of aryl methyl sites for hydroxylation is 1. The summed E-state index contributed by atoms with van der Waals surface area (Å²) in [5, 5.41) is 12.9. The fourth-order valence-electron chi connectivity index (χ4n) is 5.08. The number of amides is 1. The Morgan fingerprint density at radius 3 is 2.62 bits per heavy atom. The quantitative estimate of drug-likeness (QED) is 0.619. The molecule has 1 N–H and O–H groups in total. The first-order valence-corrected chi connectivity index (χ1v) is 12.1. The van der Waals surface area contributed by atoms with Gasteiger partial charge in [-0.25, -0.2) is 0 Å². The van der Waals surface area contributed by atoms with E-state index in [1.54, 1.807) is 4.90 Å². The molecule has 1 saturated heterocycles. The number of carbonyl (C=O) groups is 1. The van der Waals surface area contributed by atoms with Gasteiger partial charge in [-0.3, -0.25) is 4.79 Å². The summed E-state index contributed by atoms with van der Waals surface area (Å²) in [6, 6.07) is 13.2. The van der Waals surface area contributed by atoms with E-state index in [1.165, 1.54) is 11.3 Å². The maximum absolute atomic E-state index is 13.5. The van der Waals surface area contributed by atoms with Gasteiger partial charge in [0, 0.05) is 43.6 Å². The number of likely N-dealkylation sites (tertiary alicyclic amines) is 1. The van der Waals surface area contributed by atoms with Gasteiger partial charge in [0.1, 0.15) is 0 Å². The number of benzene rings is 2. The van der Waals surface area contributed by atoms with E-state index >= 15 is 0 Å². The SMILES string of the molecule is C=C(C#N)CN1Cc2c(-c3ccc(CC)c(N(C)C)c3)ccc(NC3CCN(C)CC3)c2C1=O. The number of anilines is 2.